The molecule has 0 atom stereocenters. The fourth-order valence-electron chi connectivity index (χ4n) is 2.73. The van der Waals surface area contributed by atoms with Gasteiger partial charge >= 0.3 is 0 Å². The Morgan fingerprint density at radius 1 is 1.19 bits per heavy atom. The van der Waals surface area contributed by atoms with Crippen LogP contribution in [0.25, 0.3) is 0 Å². The van der Waals surface area contributed by atoms with Gasteiger partial charge in [-0.3, -0.25) is 9.59 Å². The fourth-order valence-corrected chi connectivity index (χ4v) is 2.90. The molecule has 1 aliphatic rings. The molecule has 0 aromatic heterocycles. The van der Waals surface area contributed by atoms with Crippen LogP contribution in [0.4, 0.5) is 10.1 Å². The van der Waals surface area contributed by atoms with Gasteiger partial charge in [0.2, 0.25) is 11.8 Å². The molecule has 0 fully saturated rings. The van der Waals surface area contributed by atoms with Crippen molar-refractivity contribution in [3.05, 3.63) is 58.9 Å². The number of benzene rings is 2. The van der Waals surface area contributed by atoms with Crippen molar-refractivity contribution in [2.24, 2.45) is 0 Å². The fraction of sp³-hybridized carbons (Fsp3) is 0.263. The lowest BCUT2D eigenvalue weighted by molar-refractivity contribution is -0.125. The number of halogens is 2. The molecule has 136 valence electrons. The normalized spacial score (nSPS) is 12.9. The molecule has 0 saturated heterocycles. The molecule has 2 amide bonds. The molecule has 2 aromatic rings. The summed E-state index contributed by atoms with van der Waals surface area (Å²) in [6, 6.07) is 11.3. The van der Waals surface area contributed by atoms with Crippen LogP contribution < -0.4 is 15.0 Å². The number of anilines is 1. The van der Waals surface area contributed by atoms with Crippen LogP contribution >= 0.6 is 11.6 Å². The van der Waals surface area contributed by atoms with Crippen molar-refractivity contribution in [2.75, 3.05) is 18.1 Å². The highest BCUT2D eigenvalue weighted by Gasteiger charge is 2.24. The molecule has 2 aromatic carbocycles. The summed E-state index contributed by atoms with van der Waals surface area (Å²) in [7, 11) is 0. The molecule has 0 bridgehead atoms. The van der Waals surface area contributed by atoms with E-state index in [1.807, 2.05) is 0 Å². The number of hydrogen-bond donors (Lipinski definition) is 1. The van der Waals surface area contributed by atoms with Crippen LogP contribution in [-0.4, -0.2) is 25.0 Å². The summed E-state index contributed by atoms with van der Waals surface area (Å²) in [5.41, 5.74) is 1.02. The highest BCUT2D eigenvalue weighted by atomic mass is 35.5. The lowest BCUT2D eigenvalue weighted by atomic mass is 10.2. The van der Waals surface area contributed by atoms with Gasteiger partial charge in [-0.15, -0.1) is 0 Å². The summed E-state index contributed by atoms with van der Waals surface area (Å²) < 4.78 is 19.1. The van der Waals surface area contributed by atoms with E-state index >= 15 is 0 Å². The monoisotopic (exact) mass is 376 g/mol. The first-order chi connectivity index (χ1) is 12.5. The predicted molar refractivity (Wildman–Crippen MR) is 96.8 cm³/mol. The largest absolute Gasteiger partial charge is 0.490 e. The smallest absolute Gasteiger partial charge is 0.227 e. The zero-order valence-electron chi connectivity index (χ0n) is 14.0. The van der Waals surface area contributed by atoms with E-state index in [9.17, 15) is 14.0 Å². The van der Waals surface area contributed by atoms with Crippen molar-refractivity contribution in [3.8, 4) is 5.75 Å². The van der Waals surface area contributed by atoms with Crippen LogP contribution in [-0.2, 0) is 16.1 Å². The second kappa shape index (κ2) is 8.19. The third-order valence-electron chi connectivity index (χ3n) is 4.09. The van der Waals surface area contributed by atoms with Crippen molar-refractivity contribution in [2.45, 2.75) is 19.4 Å². The van der Waals surface area contributed by atoms with E-state index < -0.39 is 0 Å². The Hall–Kier alpha value is -2.60. The Labute approximate surface area is 155 Å². The molecule has 0 spiro atoms. The summed E-state index contributed by atoms with van der Waals surface area (Å²) in [4.78, 5) is 26.0. The van der Waals surface area contributed by atoms with Crippen molar-refractivity contribution >= 4 is 29.1 Å². The van der Waals surface area contributed by atoms with Gasteiger partial charge in [-0.2, -0.15) is 0 Å². The summed E-state index contributed by atoms with van der Waals surface area (Å²) >= 11 is 6.00. The SMILES string of the molecule is O=C(CCC(=O)N1CCOc2ccc(Cl)cc21)NCc1ccccc1F. The molecule has 1 heterocycles. The van der Waals surface area contributed by atoms with Crippen LogP contribution in [0.15, 0.2) is 42.5 Å². The Morgan fingerprint density at radius 3 is 2.81 bits per heavy atom. The molecule has 1 N–H and O–H groups in total. The van der Waals surface area contributed by atoms with Crippen molar-refractivity contribution in [1.29, 1.82) is 0 Å². The van der Waals surface area contributed by atoms with Crippen LogP contribution in [0.3, 0.4) is 0 Å². The topological polar surface area (TPSA) is 58.6 Å². The van der Waals surface area contributed by atoms with Crippen molar-refractivity contribution in [3.63, 3.8) is 0 Å². The van der Waals surface area contributed by atoms with E-state index in [1.165, 1.54) is 6.07 Å². The van der Waals surface area contributed by atoms with E-state index in [0.29, 0.717) is 35.2 Å². The minimum absolute atomic E-state index is 0.0283. The van der Waals surface area contributed by atoms with Gasteiger partial charge in [0.1, 0.15) is 18.2 Å². The number of ether oxygens (including phenoxy) is 1. The second-order valence-corrected chi connectivity index (χ2v) is 6.31. The van der Waals surface area contributed by atoms with Gasteiger partial charge in [-0.25, -0.2) is 4.39 Å². The number of amides is 2. The average molecular weight is 377 g/mol. The Bertz CT molecular complexity index is 828. The molecule has 3 rings (SSSR count). The lowest BCUT2D eigenvalue weighted by Crippen LogP contribution is -2.38. The van der Waals surface area contributed by atoms with E-state index in [2.05, 4.69) is 5.32 Å². The molecular formula is C19H18ClFN2O3. The zero-order chi connectivity index (χ0) is 18.5. The standard InChI is InChI=1S/C19H18ClFN2O3/c20-14-5-6-17-16(11-14)23(9-10-26-17)19(25)8-7-18(24)22-12-13-3-1-2-4-15(13)21/h1-6,11H,7-10,12H2,(H,22,24). The van der Waals surface area contributed by atoms with Gasteiger partial charge in [-0.1, -0.05) is 29.8 Å². The van der Waals surface area contributed by atoms with Crippen LogP contribution in [0.2, 0.25) is 5.02 Å². The molecule has 0 saturated carbocycles. The summed E-state index contributed by atoms with van der Waals surface area (Å²) in [5, 5.41) is 3.14. The van der Waals surface area contributed by atoms with E-state index in [4.69, 9.17) is 16.3 Å². The van der Waals surface area contributed by atoms with Gasteiger partial charge in [0.15, 0.2) is 0 Å². The molecule has 0 radical (unpaired) electrons. The number of nitrogens with one attached hydrogen (secondary N) is 1. The quantitative estimate of drug-likeness (QED) is 0.871. The predicted octanol–water partition coefficient (Wildman–Crippen LogP) is 3.30. The molecule has 5 nitrogen and oxygen atoms in total. The molecule has 0 unspecified atom stereocenters. The maximum Gasteiger partial charge on any atom is 0.227 e. The Balaban J connectivity index is 1.54. The van der Waals surface area contributed by atoms with Crippen LogP contribution in [0.1, 0.15) is 18.4 Å². The number of hydrogen-bond acceptors (Lipinski definition) is 3. The molecule has 0 aliphatic carbocycles. The third-order valence-corrected chi connectivity index (χ3v) is 4.32. The number of rotatable bonds is 5. The van der Waals surface area contributed by atoms with Crippen LogP contribution in [0.5, 0.6) is 5.75 Å². The molecule has 1 aliphatic heterocycles. The molecule has 7 heteroatoms. The minimum atomic E-state index is -0.370. The first-order valence-corrected chi connectivity index (χ1v) is 8.65. The minimum Gasteiger partial charge on any atom is -0.490 e. The van der Waals surface area contributed by atoms with E-state index in [1.54, 1.807) is 41.3 Å². The maximum atomic E-state index is 13.5. The zero-order valence-corrected chi connectivity index (χ0v) is 14.8. The maximum absolute atomic E-state index is 13.5. The Morgan fingerprint density at radius 2 is 2.00 bits per heavy atom. The molecule has 26 heavy (non-hydrogen) atoms. The first-order valence-electron chi connectivity index (χ1n) is 8.27. The average Bonchev–Trinajstić information content (AvgIpc) is 2.65. The third kappa shape index (κ3) is 4.32. The summed E-state index contributed by atoms with van der Waals surface area (Å²) in [5.74, 6) is -0.261. The summed E-state index contributed by atoms with van der Waals surface area (Å²) in [6.45, 7) is 0.887. The number of carbonyl (C=O) groups excluding carboxylic acids is 2. The first kappa shape index (κ1) is 18.2. The number of fused-ring (bicyclic) bond motifs is 1. The van der Waals surface area contributed by atoms with Gasteiger partial charge in [0.05, 0.1) is 12.2 Å². The highest BCUT2D eigenvalue weighted by Crippen LogP contribution is 2.34. The van der Waals surface area contributed by atoms with Crippen molar-refractivity contribution in [1.82, 2.24) is 5.32 Å². The molecular weight excluding hydrogens is 359 g/mol. The van der Waals surface area contributed by atoms with Crippen molar-refractivity contribution < 1.29 is 18.7 Å². The highest BCUT2D eigenvalue weighted by molar-refractivity contribution is 6.31. The van der Waals surface area contributed by atoms with Gasteiger partial charge < -0.3 is 15.0 Å². The van der Waals surface area contributed by atoms with Gasteiger partial charge in [0.25, 0.3) is 0 Å². The second-order valence-electron chi connectivity index (χ2n) is 5.87. The number of nitrogens with zero attached hydrogens (tertiary/aromatic N) is 1. The van der Waals surface area contributed by atoms with E-state index in [-0.39, 0.29) is 37.0 Å². The van der Waals surface area contributed by atoms with Gasteiger partial charge in [0, 0.05) is 30.0 Å². The Kier molecular flexibility index (Phi) is 5.73. The lowest BCUT2D eigenvalue weighted by Gasteiger charge is -2.29. The van der Waals surface area contributed by atoms with Gasteiger partial charge in [-0.05, 0) is 24.3 Å². The number of carbonyl (C=O) groups is 2. The van der Waals surface area contributed by atoms with Crippen LogP contribution in [0, 0.1) is 5.82 Å². The summed E-state index contributed by atoms with van der Waals surface area (Å²) in [6.07, 6.45) is 0.0790. The van der Waals surface area contributed by atoms with E-state index in [0.717, 1.165) is 0 Å².